The van der Waals surface area contributed by atoms with E-state index in [0.717, 1.165) is 12.8 Å². The van der Waals surface area contributed by atoms with Gasteiger partial charge >= 0.3 is 0 Å². The zero-order valence-electron chi connectivity index (χ0n) is 15.4. The van der Waals surface area contributed by atoms with E-state index in [1.807, 2.05) is 30.3 Å². The normalized spacial score (nSPS) is 9.81. The minimum atomic E-state index is 0. The number of rotatable bonds is 5. The Kier molecular flexibility index (Phi) is 8.80. The van der Waals surface area contributed by atoms with E-state index in [0.29, 0.717) is 6.54 Å². The molecule has 0 fully saturated rings. The molecule has 0 bridgehead atoms. The Bertz CT molecular complexity index is 844. The average Bonchev–Trinajstić information content (AvgIpc) is 3.38. The van der Waals surface area contributed by atoms with E-state index in [4.69, 9.17) is 5.73 Å². The van der Waals surface area contributed by atoms with Gasteiger partial charge in [-0.25, -0.2) is 6.07 Å². The van der Waals surface area contributed by atoms with Crippen LogP contribution in [0.25, 0.3) is 0 Å². The summed E-state index contributed by atoms with van der Waals surface area (Å²) in [6.45, 7) is 0.608. The van der Waals surface area contributed by atoms with Gasteiger partial charge in [-0.05, 0) is 18.5 Å². The molecule has 0 aliphatic rings. The van der Waals surface area contributed by atoms with E-state index in [2.05, 4.69) is 72.8 Å². The van der Waals surface area contributed by atoms with Crippen LogP contribution in [-0.4, -0.2) is 0 Å². The maximum Gasteiger partial charge on any atom is 0 e. The van der Waals surface area contributed by atoms with Crippen molar-refractivity contribution in [2.24, 2.45) is 5.73 Å². The molecule has 0 unspecified atom stereocenters. The molecule has 4 aromatic carbocycles. The minimum Gasteiger partial charge on any atom is -0.748 e. The largest absolute Gasteiger partial charge is 0.748 e. The fourth-order valence-electron chi connectivity index (χ4n) is 3.13. The number of hydrogen-bond donors (Lipinski definition) is 1. The van der Waals surface area contributed by atoms with Gasteiger partial charge in [-0.15, -0.1) is 5.56 Å². The Balaban J connectivity index is 0.000000379. The molecule has 0 aliphatic carbocycles. The summed E-state index contributed by atoms with van der Waals surface area (Å²) < 4.78 is 0. The van der Waals surface area contributed by atoms with Crippen LogP contribution in [0, 0.1) is 0 Å². The second kappa shape index (κ2) is 11.4. The van der Waals surface area contributed by atoms with Crippen LogP contribution in [0.5, 0.6) is 0 Å². The summed E-state index contributed by atoms with van der Waals surface area (Å²) in [6, 6.07) is 35.6. The van der Waals surface area contributed by atoms with Gasteiger partial charge in [-0.2, -0.15) is 17.2 Å². The van der Waals surface area contributed by atoms with Crippen molar-refractivity contribution >= 4 is 0 Å². The Morgan fingerprint density at radius 2 is 1.15 bits per heavy atom. The summed E-state index contributed by atoms with van der Waals surface area (Å²) in [5.41, 5.74) is 12.7. The van der Waals surface area contributed by atoms with E-state index in [1.54, 1.807) is 0 Å². The molecular formula is C25H25FeN-6. The number of nitrogens with two attached hydrogens (primary N) is 1. The smallest absolute Gasteiger partial charge is 0 e. The van der Waals surface area contributed by atoms with Gasteiger partial charge in [-0.1, -0.05) is 72.6 Å². The van der Waals surface area contributed by atoms with Crippen LogP contribution in [0.15, 0.2) is 103 Å². The van der Waals surface area contributed by atoms with E-state index >= 15 is 0 Å². The maximum atomic E-state index is 5.91. The van der Waals surface area contributed by atoms with Crippen molar-refractivity contribution < 1.29 is 17.1 Å². The molecule has 144 valence electrons. The van der Waals surface area contributed by atoms with Crippen molar-refractivity contribution in [3.05, 3.63) is 131 Å². The van der Waals surface area contributed by atoms with E-state index in [9.17, 15) is 0 Å². The Labute approximate surface area is 173 Å². The molecule has 0 radical (unpaired) electrons. The van der Waals surface area contributed by atoms with Gasteiger partial charge in [-0.3, -0.25) is 0 Å². The zero-order valence-corrected chi connectivity index (χ0v) is 16.5. The summed E-state index contributed by atoms with van der Waals surface area (Å²) in [5, 5.41) is 0. The monoisotopic (exact) mass is 395 g/mol. The molecular weight excluding hydrogens is 370 g/mol. The molecule has 0 atom stereocenters. The first-order valence-corrected chi connectivity index (χ1v) is 9.07. The molecule has 4 aromatic rings. The van der Waals surface area contributed by atoms with Crippen LogP contribution in [0.1, 0.15) is 27.8 Å². The Morgan fingerprint density at radius 3 is 1.63 bits per heavy atom. The van der Waals surface area contributed by atoms with Crippen LogP contribution >= 0.6 is 0 Å². The van der Waals surface area contributed by atoms with Crippen LogP contribution in [0.4, 0.5) is 0 Å². The van der Waals surface area contributed by atoms with Crippen molar-refractivity contribution in [2.45, 2.75) is 19.4 Å². The summed E-state index contributed by atoms with van der Waals surface area (Å²) in [4.78, 5) is 0. The van der Waals surface area contributed by atoms with Crippen LogP contribution < -0.4 is 5.73 Å². The van der Waals surface area contributed by atoms with Crippen molar-refractivity contribution in [3.63, 3.8) is 0 Å². The average molecular weight is 395 g/mol. The maximum absolute atomic E-state index is 5.91. The van der Waals surface area contributed by atoms with E-state index < -0.39 is 0 Å². The quantitative estimate of drug-likeness (QED) is 0.353. The molecule has 0 saturated carbocycles. The van der Waals surface area contributed by atoms with Gasteiger partial charge in [0.05, 0.1) is 0 Å². The predicted molar refractivity (Wildman–Crippen MR) is 110 cm³/mol. The molecule has 2 N–H and O–H groups in total. The van der Waals surface area contributed by atoms with Crippen molar-refractivity contribution in [2.75, 3.05) is 0 Å². The summed E-state index contributed by atoms with van der Waals surface area (Å²) in [6.07, 6.45) is 1.94. The standard InChI is InChI=1S/C20H20N.C5H5.Fe/c21-15-19-12-11-18(13-16-7-3-1-4-8-16)20(19)14-17-9-5-2-6-10-17;1-2-4-5-3-1;/h1-12H,13-15,21H2;1-5H;/q-1;-5;. The van der Waals surface area contributed by atoms with Crippen molar-refractivity contribution in [1.29, 1.82) is 0 Å². The first kappa shape index (κ1) is 20.9. The van der Waals surface area contributed by atoms with Gasteiger partial charge in [0.1, 0.15) is 0 Å². The molecule has 0 heterocycles. The first-order valence-electron chi connectivity index (χ1n) is 9.07. The summed E-state index contributed by atoms with van der Waals surface area (Å²) in [7, 11) is 0. The van der Waals surface area contributed by atoms with Gasteiger partial charge in [0.15, 0.2) is 0 Å². The van der Waals surface area contributed by atoms with Crippen LogP contribution in [0.2, 0.25) is 0 Å². The van der Waals surface area contributed by atoms with Crippen molar-refractivity contribution in [1.82, 2.24) is 0 Å². The third kappa shape index (κ3) is 6.37. The molecule has 0 saturated heterocycles. The van der Waals surface area contributed by atoms with Crippen LogP contribution in [-0.2, 0) is 36.5 Å². The Hall–Kier alpha value is -2.38. The number of benzene rings is 2. The van der Waals surface area contributed by atoms with E-state index in [-0.39, 0.29) is 17.1 Å². The second-order valence-corrected chi connectivity index (χ2v) is 6.35. The first-order chi connectivity index (χ1) is 12.9. The molecule has 27 heavy (non-hydrogen) atoms. The minimum absolute atomic E-state index is 0. The summed E-state index contributed by atoms with van der Waals surface area (Å²) >= 11 is 0. The third-order valence-electron chi connectivity index (χ3n) is 4.50. The fourth-order valence-corrected chi connectivity index (χ4v) is 3.13. The second-order valence-electron chi connectivity index (χ2n) is 6.35. The molecule has 0 aliphatic heterocycles. The fraction of sp³-hybridized carbons (Fsp3) is 0.120. The molecule has 0 amide bonds. The third-order valence-corrected chi connectivity index (χ3v) is 4.50. The predicted octanol–water partition coefficient (Wildman–Crippen LogP) is 5.45. The van der Waals surface area contributed by atoms with E-state index in [1.165, 1.54) is 27.8 Å². The van der Waals surface area contributed by atoms with Gasteiger partial charge in [0.2, 0.25) is 0 Å². The molecule has 4 rings (SSSR count). The van der Waals surface area contributed by atoms with Gasteiger partial charge in [0, 0.05) is 17.1 Å². The zero-order chi connectivity index (χ0) is 18.0. The molecule has 0 spiro atoms. The molecule has 0 aromatic heterocycles. The van der Waals surface area contributed by atoms with Crippen LogP contribution in [0.3, 0.4) is 0 Å². The topological polar surface area (TPSA) is 26.0 Å². The van der Waals surface area contributed by atoms with Gasteiger partial charge < -0.3 is 36.1 Å². The summed E-state index contributed by atoms with van der Waals surface area (Å²) in [5.74, 6) is 0. The Morgan fingerprint density at radius 1 is 0.667 bits per heavy atom. The van der Waals surface area contributed by atoms with Gasteiger partial charge in [0.25, 0.3) is 0 Å². The molecule has 1 nitrogen and oxygen atoms in total. The number of hydrogen-bond acceptors (Lipinski definition) is 1. The SMILES string of the molecule is NC[c-]1ccc(Cc2ccccc2)c1Cc1ccccc1.[Fe].[cH-]1[cH-][cH-][cH-][cH-]1. The molecule has 2 heteroatoms. The van der Waals surface area contributed by atoms with Crippen molar-refractivity contribution in [3.8, 4) is 0 Å².